The number of nitrogens with one attached hydrogen (secondary N) is 4. The molecule has 44 heavy (non-hydrogen) atoms. The number of carboxylic acids is 1. The van der Waals surface area contributed by atoms with Crippen LogP contribution in [-0.4, -0.2) is 81.6 Å². The number of fused-ring (bicyclic) bond motifs is 2. The molecule has 3 atom stereocenters. The average Bonchev–Trinajstić information content (AvgIpc) is 3.61. The number of aliphatic carboxylic acids is 1. The summed E-state index contributed by atoms with van der Waals surface area (Å²) in [6.45, 7) is 3.91. The minimum Gasteiger partial charge on any atom is -0.480 e. The van der Waals surface area contributed by atoms with E-state index in [9.17, 15) is 24.3 Å². The van der Waals surface area contributed by atoms with E-state index < -0.39 is 18.1 Å². The number of nitrogens with two attached hydrogens (primary N) is 1. The van der Waals surface area contributed by atoms with E-state index in [1.807, 2.05) is 66.2 Å². The van der Waals surface area contributed by atoms with Crippen LogP contribution in [0.1, 0.15) is 56.6 Å². The fourth-order valence-electron chi connectivity index (χ4n) is 5.96. The monoisotopic (exact) mass is 605 g/mol. The molecule has 1 aliphatic heterocycles. The van der Waals surface area contributed by atoms with Crippen LogP contribution in [0.4, 0.5) is 0 Å². The Labute approximate surface area is 256 Å². The average molecular weight is 606 g/mol. The van der Waals surface area contributed by atoms with Crippen LogP contribution in [0.5, 0.6) is 0 Å². The van der Waals surface area contributed by atoms with Gasteiger partial charge < -0.3 is 36.3 Å². The molecule has 236 valence electrons. The normalized spacial score (nSPS) is 15.8. The third-order valence-electron chi connectivity index (χ3n) is 8.40. The number of piperidine rings is 1. The van der Waals surface area contributed by atoms with E-state index in [0.717, 1.165) is 66.3 Å². The van der Waals surface area contributed by atoms with E-state index in [-0.39, 0.29) is 23.6 Å². The number of rotatable bonds is 12. The Hall–Kier alpha value is -4.42. The van der Waals surface area contributed by atoms with Gasteiger partial charge in [-0.3, -0.25) is 14.2 Å². The SMILES string of the molecule is CN[C@@H](C(=O)N[C@@H](CCCCN)C(=O)O)C(C)c1c[nH]c2ccccc12.O=CN1CCC(n2c(=O)[nH]c3ccccc32)CC1. The molecule has 0 spiro atoms. The maximum atomic E-state index is 12.7. The van der Waals surface area contributed by atoms with Crippen molar-refractivity contribution in [2.24, 2.45) is 5.73 Å². The van der Waals surface area contributed by atoms with Gasteiger partial charge >= 0.3 is 11.7 Å². The molecular weight excluding hydrogens is 562 g/mol. The highest BCUT2D eigenvalue weighted by Crippen LogP contribution is 2.28. The highest BCUT2D eigenvalue weighted by molar-refractivity contribution is 5.89. The molecule has 0 aliphatic carbocycles. The summed E-state index contributed by atoms with van der Waals surface area (Å²) in [6, 6.07) is 14.4. The van der Waals surface area contributed by atoms with Gasteiger partial charge in [-0.05, 0) is 69.5 Å². The second kappa shape index (κ2) is 15.3. The van der Waals surface area contributed by atoms with Crippen LogP contribution in [0.25, 0.3) is 21.9 Å². The Morgan fingerprint density at radius 2 is 1.77 bits per heavy atom. The lowest BCUT2D eigenvalue weighted by atomic mass is 9.92. The number of aromatic nitrogens is 3. The lowest BCUT2D eigenvalue weighted by Gasteiger charge is -2.29. The summed E-state index contributed by atoms with van der Waals surface area (Å²) in [5.41, 5.74) is 9.25. The predicted octanol–water partition coefficient (Wildman–Crippen LogP) is 2.68. The van der Waals surface area contributed by atoms with Crippen molar-refractivity contribution in [3.63, 3.8) is 0 Å². The minimum atomic E-state index is -1.02. The highest BCUT2D eigenvalue weighted by Gasteiger charge is 2.30. The molecule has 0 bridgehead atoms. The zero-order chi connectivity index (χ0) is 31.6. The van der Waals surface area contributed by atoms with Gasteiger partial charge in [0.2, 0.25) is 12.3 Å². The number of hydrogen-bond acceptors (Lipinski definition) is 6. The van der Waals surface area contributed by atoms with Crippen molar-refractivity contribution in [2.45, 2.75) is 63.1 Å². The number of H-pyrrole nitrogens is 2. The standard InChI is InChI=1S/C19H28N4O3.C13H15N3O2/c1-12(14-11-22-15-8-4-3-7-13(14)15)17(21-2)18(24)23-16(19(25)26)9-5-6-10-20;17-9-15-7-5-10(6-8-15)16-12-4-2-1-3-11(12)14-13(16)18/h3-4,7-8,11-12,16-17,21-22H,5-6,9-10,20H2,1-2H3,(H,23,24)(H,25,26);1-4,9-10H,5-8H2,(H,14,18)/t12?,16-,17+;/m0./s1. The summed E-state index contributed by atoms with van der Waals surface area (Å²) in [6.07, 6.45) is 6.23. The van der Waals surface area contributed by atoms with E-state index >= 15 is 0 Å². The molecule has 2 aromatic heterocycles. The van der Waals surface area contributed by atoms with Gasteiger partial charge in [-0.15, -0.1) is 0 Å². The predicted molar refractivity (Wildman–Crippen MR) is 170 cm³/mol. The van der Waals surface area contributed by atoms with Gasteiger partial charge in [-0.2, -0.15) is 0 Å². The summed E-state index contributed by atoms with van der Waals surface area (Å²) >= 11 is 0. The molecule has 4 aromatic rings. The second-order valence-corrected chi connectivity index (χ2v) is 11.2. The molecule has 5 rings (SSSR count). The molecule has 7 N–H and O–H groups in total. The number of nitrogens with zero attached hydrogens (tertiary/aromatic N) is 2. The Kier molecular flexibility index (Phi) is 11.3. The number of carbonyl (C=O) groups is 3. The van der Waals surface area contributed by atoms with Crippen molar-refractivity contribution in [2.75, 3.05) is 26.7 Å². The van der Waals surface area contributed by atoms with Crippen molar-refractivity contribution in [3.8, 4) is 0 Å². The number of likely N-dealkylation sites (N-methyl/N-ethyl adjacent to an activating group) is 1. The molecule has 1 fully saturated rings. The maximum absolute atomic E-state index is 12.7. The summed E-state index contributed by atoms with van der Waals surface area (Å²) in [4.78, 5) is 54.7. The number of amides is 2. The molecule has 12 nitrogen and oxygen atoms in total. The molecule has 1 unspecified atom stereocenters. The first kappa shape index (κ1) is 32.5. The number of hydrogen-bond donors (Lipinski definition) is 6. The fraction of sp³-hybridized carbons (Fsp3) is 0.438. The Morgan fingerprint density at radius 1 is 1.09 bits per heavy atom. The van der Waals surface area contributed by atoms with Crippen LogP contribution in [0.2, 0.25) is 0 Å². The number of imidazole rings is 1. The van der Waals surface area contributed by atoms with E-state index in [0.29, 0.717) is 19.4 Å². The number of benzene rings is 2. The summed E-state index contributed by atoms with van der Waals surface area (Å²) < 4.78 is 1.83. The quantitative estimate of drug-likeness (QED) is 0.106. The molecule has 0 saturated carbocycles. The number of para-hydroxylation sites is 3. The first-order valence-corrected chi connectivity index (χ1v) is 15.1. The molecule has 0 radical (unpaired) electrons. The molecule has 1 saturated heterocycles. The van der Waals surface area contributed by atoms with Crippen molar-refractivity contribution in [1.82, 2.24) is 30.1 Å². The zero-order valence-electron chi connectivity index (χ0n) is 25.3. The molecule has 2 aromatic carbocycles. The first-order chi connectivity index (χ1) is 21.3. The Balaban J connectivity index is 0.000000213. The van der Waals surface area contributed by atoms with Gasteiger partial charge in [0.25, 0.3) is 0 Å². The number of carbonyl (C=O) groups excluding carboxylic acids is 2. The smallest absolute Gasteiger partial charge is 0.326 e. The van der Waals surface area contributed by atoms with Gasteiger partial charge in [-0.25, -0.2) is 9.59 Å². The largest absolute Gasteiger partial charge is 0.480 e. The van der Waals surface area contributed by atoms with Gasteiger partial charge in [0.15, 0.2) is 0 Å². The Bertz CT molecular complexity index is 1600. The molecular formula is C32H43N7O5. The van der Waals surface area contributed by atoms with Gasteiger partial charge in [-0.1, -0.05) is 37.3 Å². The summed E-state index contributed by atoms with van der Waals surface area (Å²) in [7, 11) is 1.71. The van der Waals surface area contributed by atoms with Crippen molar-refractivity contribution in [1.29, 1.82) is 0 Å². The first-order valence-electron chi connectivity index (χ1n) is 15.1. The number of likely N-dealkylation sites (tertiary alicyclic amines) is 1. The molecule has 12 heteroatoms. The second-order valence-electron chi connectivity index (χ2n) is 11.2. The molecule has 1 aliphatic rings. The van der Waals surface area contributed by atoms with Crippen molar-refractivity contribution in [3.05, 3.63) is 70.8 Å². The minimum absolute atomic E-state index is 0.0549. The van der Waals surface area contributed by atoms with Gasteiger partial charge in [0, 0.05) is 42.1 Å². The van der Waals surface area contributed by atoms with E-state index in [4.69, 9.17) is 5.73 Å². The number of unbranched alkanes of at least 4 members (excludes halogenated alkanes) is 1. The van der Waals surface area contributed by atoms with Crippen LogP contribution in [-0.2, 0) is 14.4 Å². The number of aromatic amines is 2. The molecule has 2 amide bonds. The van der Waals surface area contributed by atoms with Crippen LogP contribution in [0.15, 0.2) is 59.5 Å². The van der Waals surface area contributed by atoms with Crippen LogP contribution < -0.4 is 22.1 Å². The van der Waals surface area contributed by atoms with Gasteiger partial charge in [0.05, 0.1) is 17.1 Å². The zero-order valence-corrected chi connectivity index (χ0v) is 25.3. The van der Waals surface area contributed by atoms with Crippen LogP contribution in [0, 0.1) is 0 Å². The molecule has 3 heterocycles. The highest BCUT2D eigenvalue weighted by atomic mass is 16.4. The van der Waals surface area contributed by atoms with Crippen molar-refractivity contribution < 1.29 is 19.5 Å². The number of carboxylic acid groups (broad SMARTS) is 1. The topological polar surface area (TPSA) is 178 Å². The lowest BCUT2D eigenvalue weighted by Crippen LogP contribution is -2.51. The van der Waals surface area contributed by atoms with Crippen molar-refractivity contribution >= 4 is 40.2 Å². The van der Waals surface area contributed by atoms with Crippen LogP contribution in [0.3, 0.4) is 0 Å². The van der Waals surface area contributed by atoms with E-state index in [1.165, 1.54) is 0 Å². The van der Waals surface area contributed by atoms with Gasteiger partial charge in [0.1, 0.15) is 6.04 Å². The van der Waals surface area contributed by atoms with E-state index in [2.05, 4.69) is 20.6 Å². The summed E-state index contributed by atoms with van der Waals surface area (Å²) in [5.74, 6) is -1.47. The fourth-order valence-corrected chi connectivity index (χ4v) is 5.96. The maximum Gasteiger partial charge on any atom is 0.326 e. The van der Waals surface area contributed by atoms with E-state index in [1.54, 1.807) is 11.9 Å². The summed E-state index contributed by atoms with van der Waals surface area (Å²) in [5, 5.41) is 16.1. The third kappa shape index (κ3) is 7.56. The third-order valence-corrected chi connectivity index (χ3v) is 8.40. The lowest BCUT2D eigenvalue weighted by molar-refractivity contribution is -0.142. The Morgan fingerprint density at radius 3 is 2.43 bits per heavy atom. The van der Waals surface area contributed by atoms with Crippen LogP contribution >= 0.6 is 0 Å².